The van der Waals surface area contributed by atoms with Crippen LogP contribution in [0.1, 0.15) is 11.1 Å². The third-order valence-corrected chi connectivity index (χ3v) is 3.82. The highest BCUT2D eigenvalue weighted by molar-refractivity contribution is 5.84. The fraction of sp³-hybridized carbons (Fsp3) is 0.467. The van der Waals surface area contributed by atoms with E-state index in [0.717, 1.165) is 26.1 Å². The van der Waals surface area contributed by atoms with Gasteiger partial charge in [0.05, 0.1) is 0 Å². The predicted molar refractivity (Wildman–Crippen MR) is 76.0 cm³/mol. The molecule has 1 atom stereocenters. The molecule has 3 nitrogen and oxygen atoms in total. The predicted octanol–water partition coefficient (Wildman–Crippen LogP) is 1.59. The van der Waals surface area contributed by atoms with Gasteiger partial charge in [0.1, 0.15) is 0 Å². The van der Waals surface area contributed by atoms with Gasteiger partial charge in [-0.15, -0.1) is 0 Å². The van der Waals surface area contributed by atoms with Crippen LogP contribution in [-0.4, -0.2) is 30.2 Å². The normalized spacial score (nSPS) is 20.4. The van der Waals surface area contributed by atoms with Crippen LogP contribution in [0, 0.1) is 6.92 Å². The zero-order chi connectivity index (χ0) is 12.5. The van der Waals surface area contributed by atoms with Crippen molar-refractivity contribution in [1.82, 2.24) is 15.2 Å². The van der Waals surface area contributed by atoms with Crippen molar-refractivity contribution >= 4 is 10.9 Å². The first-order valence-electron chi connectivity index (χ1n) is 6.73. The molecular formula is C15H21N3. The van der Waals surface area contributed by atoms with Gasteiger partial charge in [0.2, 0.25) is 0 Å². The minimum atomic E-state index is 0.561. The van der Waals surface area contributed by atoms with E-state index in [1.807, 2.05) is 0 Å². The highest BCUT2D eigenvalue weighted by atomic mass is 15.1. The molecule has 1 saturated heterocycles. The standard InChI is InChI=1S/C15H21N3/c1-11-3-4-14-12(10-18(2)15(14)7-11)8-13-9-16-5-6-17-13/h3-4,7,10,13,16-17H,5-6,8-9H2,1-2H3. The molecule has 1 aliphatic heterocycles. The van der Waals surface area contributed by atoms with Gasteiger partial charge < -0.3 is 15.2 Å². The van der Waals surface area contributed by atoms with Crippen molar-refractivity contribution in [2.24, 2.45) is 7.05 Å². The van der Waals surface area contributed by atoms with Crippen molar-refractivity contribution < 1.29 is 0 Å². The Morgan fingerprint density at radius 3 is 3.00 bits per heavy atom. The van der Waals surface area contributed by atoms with Gasteiger partial charge in [-0.1, -0.05) is 12.1 Å². The molecule has 2 N–H and O–H groups in total. The van der Waals surface area contributed by atoms with Crippen LogP contribution >= 0.6 is 0 Å². The average Bonchev–Trinajstić information content (AvgIpc) is 2.67. The monoisotopic (exact) mass is 243 g/mol. The van der Waals surface area contributed by atoms with E-state index >= 15 is 0 Å². The summed E-state index contributed by atoms with van der Waals surface area (Å²) in [6, 6.07) is 7.30. The van der Waals surface area contributed by atoms with E-state index in [2.05, 4.69) is 53.6 Å². The summed E-state index contributed by atoms with van der Waals surface area (Å²) in [6.07, 6.45) is 3.38. The molecule has 1 unspecified atom stereocenters. The van der Waals surface area contributed by atoms with Gasteiger partial charge in [-0.25, -0.2) is 0 Å². The molecule has 3 heteroatoms. The van der Waals surface area contributed by atoms with E-state index in [1.54, 1.807) is 0 Å². The van der Waals surface area contributed by atoms with Gasteiger partial charge in [0.15, 0.2) is 0 Å². The molecule has 96 valence electrons. The van der Waals surface area contributed by atoms with Crippen LogP contribution in [0.3, 0.4) is 0 Å². The zero-order valence-electron chi connectivity index (χ0n) is 11.2. The summed E-state index contributed by atoms with van der Waals surface area (Å²) in [5.74, 6) is 0. The Morgan fingerprint density at radius 2 is 2.22 bits per heavy atom. The third-order valence-electron chi connectivity index (χ3n) is 3.82. The SMILES string of the molecule is Cc1ccc2c(CC3CNCCN3)cn(C)c2c1. The molecular weight excluding hydrogens is 222 g/mol. The lowest BCUT2D eigenvalue weighted by molar-refractivity contribution is 0.417. The third kappa shape index (κ3) is 2.16. The van der Waals surface area contributed by atoms with Gasteiger partial charge in [0.25, 0.3) is 0 Å². The van der Waals surface area contributed by atoms with E-state index in [4.69, 9.17) is 0 Å². The summed E-state index contributed by atoms with van der Waals surface area (Å²) >= 11 is 0. The topological polar surface area (TPSA) is 29.0 Å². The second-order valence-electron chi connectivity index (χ2n) is 5.35. The quantitative estimate of drug-likeness (QED) is 0.838. The van der Waals surface area contributed by atoms with E-state index in [1.165, 1.54) is 22.0 Å². The van der Waals surface area contributed by atoms with Gasteiger partial charge >= 0.3 is 0 Å². The summed E-state index contributed by atoms with van der Waals surface area (Å²) in [5.41, 5.74) is 4.12. The maximum absolute atomic E-state index is 3.58. The van der Waals surface area contributed by atoms with Gasteiger partial charge in [-0.2, -0.15) is 0 Å². The van der Waals surface area contributed by atoms with Crippen LogP contribution in [0.15, 0.2) is 24.4 Å². The highest BCUT2D eigenvalue weighted by Gasteiger charge is 2.15. The van der Waals surface area contributed by atoms with Gasteiger partial charge in [-0.3, -0.25) is 0 Å². The molecule has 0 aliphatic carbocycles. The van der Waals surface area contributed by atoms with Crippen LogP contribution in [0.2, 0.25) is 0 Å². The van der Waals surface area contributed by atoms with E-state index in [9.17, 15) is 0 Å². The lowest BCUT2D eigenvalue weighted by atomic mass is 10.0. The Hall–Kier alpha value is -1.32. The zero-order valence-corrected chi connectivity index (χ0v) is 11.2. The molecule has 3 rings (SSSR count). The Balaban J connectivity index is 1.91. The Kier molecular flexibility index (Phi) is 3.10. The molecule has 0 saturated carbocycles. The summed E-state index contributed by atoms with van der Waals surface area (Å²) < 4.78 is 2.24. The van der Waals surface area contributed by atoms with Crippen molar-refractivity contribution in [2.45, 2.75) is 19.4 Å². The molecule has 2 heterocycles. The van der Waals surface area contributed by atoms with Crippen molar-refractivity contribution in [2.75, 3.05) is 19.6 Å². The molecule has 1 fully saturated rings. The molecule has 0 amide bonds. The first-order valence-corrected chi connectivity index (χ1v) is 6.73. The van der Waals surface area contributed by atoms with Crippen molar-refractivity contribution in [3.8, 4) is 0 Å². The number of piperazine rings is 1. The second kappa shape index (κ2) is 4.75. The maximum Gasteiger partial charge on any atom is 0.0483 e. The molecule has 1 aromatic heterocycles. The van der Waals surface area contributed by atoms with Gasteiger partial charge in [0, 0.05) is 49.8 Å². The number of benzene rings is 1. The number of hydrogen-bond donors (Lipinski definition) is 2. The number of aromatic nitrogens is 1. The van der Waals surface area contributed by atoms with Crippen LogP contribution in [-0.2, 0) is 13.5 Å². The van der Waals surface area contributed by atoms with Crippen LogP contribution < -0.4 is 10.6 Å². The lowest BCUT2D eigenvalue weighted by Gasteiger charge is -2.24. The summed E-state index contributed by atoms with van der Waals surface area (Å²) in [6.45, 7) is 5.39. The molecule has 2 aromatic rings. The largest absolute Gasteiger partial charge is 0.350 e. The fourth-order valence-electron chi connectivity index (χ4n) is 2.86. The first kappa shape index (κ1) is 11.8. The number of nitrogens with one attached hydrogen (secondary N) is 2. The van der Waals surface area contributed by atoms with E-state index in [-0.39, 0.29) is 0 Å². The second-order valence-corrected chi connectivity index (χ2v) is 5.35. The molecule has 0 radical (unpaired) electrons. The van der Waals surface area contributed by atoms with Crippen molar-refractivity contribution in [3.63, 3.8) is 0 Å². The summed E-state index contributed by atoms with van der Waals surface area (Å²) in [4.78, 5) is 0. The Morgan fingerprint density at radius 1 is 1.33 bits per heavy atom. The Bertz CT molecular complexity index is 550. The molecule has 1 aromatic carbocycles. The summed E-state index contributed by atoms with van der Waals surface area (Å²) in [5, 5.41) is 8.43. The van der Waals surface area contributed by atoms with Crippen molar-refractivity contribution in [1.29, 1.82) is 0 Å². The van der Waals surface area contributed by atoms with E-state index < -0.39 is 0 Å². The number of hydrogen-bond acceptors (Lipinski definition) is 2. The Labute approximate surface area is 108 Å². The fourth-order valence-corrected chi connectivity index (χ4v) is 2.86. The van der Waals surface area contributed by atoms with Crippen LogP contribution in [0.5, 0.6) is 0 Å². The number of nitrogens with zero attached hydrogens (tertiary/aromatic N) is 1. The minimum absolute atomic E-state index is 0.561. The smallest absolute Gasteiger partial charge is 0.0483 e. The van der Waals surface area contributed by atoms with Gasteiger partial charge in [-0.05, 0) is 30.5 Å². The molecule has 0 bridgehead atoms. The minimum Gasteiger partial charge on any atom is -0.350 e. The number of rotatable bonds is 2. The van der Waals surface area contributed by atoms with Crippen molar-refractivity contribution in [3.05, 3.63) is 35.5 Å². The summed E-state index contributed by atoms with van der Waals surface area (Å²) in [7, 11) is 2.14. The molecule has 1 aliphatic rings. The first-order chi connectivity index (χ1) is 8.74. The van der Waals surface area contributed by atoms with Crippen LogP contribution in [0.4, 0.5) is 0 Å². The molecule has 0 spiro atoms. The van der Waals surface area contributed by atoms with E-state index in [0.29, 0.717) is 6.04 Å². The molecule has 18 heavy (non-hydrogen) atoms. The number of aryl methyl sites for hydroxylation is 2. The lowest BCUT2D eigenvalue weighted by Crippen LogP contribution is -2.49. The highest BCUT2D eigenvalue weighted by Crippen LogP contribution is 2.23. The average molecular weight is 243 g/mol. The number of fused-ring (bicyclic) bond motifs is 1. The maximum atomic E-state index is 3.58. The van der Waals surface area contributed by atoms with Crippen LogP contribution in [0.25, 0.3) is 10.9 Å².